The van der Waals surface area contributed by atoms with Crippen LogP contribution in [0, 0.1) is 0 Å². The average Bonchev–Trinajstić information content (AvgIpc) is 3.45. The summed E-state index contributed by atoms with van der Waals surface area (Å²) in [7, 11) is 7.74. The molecule has 0 amide bonds. The molecule has 0 fully saturated rings. The number of hydrogen-bond acceptors (Lipinski definition) is 8. The van der Waals surface area contributed by atoms with E-state index in [0.717, 1.165) is 16.3 Å². The highest BCUT2D eigenvalue weighted by Gasteiger charge is 2.34. The lowest BCUT2D eigenvalue weighted by Crippen LogP contribution is -2.31. The Morgan fingerprint density at radius 3 is 2.12 bits per heavy atom. The van der Waals surface area contributed by atoms with Crippen molar-refractivity contribution in [2.75, 3.05) is 40.9 Å². The number of methoxy groups -OCH3 is 5. The van der Waals surface area contributed by atoms with Crippen molar-refractivity contribution in [1.82, 2.24) is 5.01 Å². The van der Waals surface area contributed by atoms with Crippen molar-refractivity contribution in [1.29, 1.82) is 0 Å². The van der Waals surface area contributed by atoms with E-state index in [1.165, 1.54) is 13.2 Å². The molecule has 0 aliphatic carbocycles. The third-order valence-corrected chi connectivity index (χ3v) is 7.32. The summed E-state index contributed by atoms with van der Waals surface area (Å²) in [6.45, 7) is 0. The van der Waals surface area contributed by atoms with Crippen LogP contribution in [0.4, 0.5) is 5.69 Å². The second kappa shape index (κ2) is 11.8. The van der Waals surface area contributed by atoms with Gasteiger partial charge < -0.3 is 34.1 Å². The molecule has 41 heavy (non-hydrogen) atoms. The molecule has 0 aromatic heterocycles. The number of thiocarbonyl (C=S) groups is 1. The van der Waals surface area contributed by atoms with Crippen molar-refractivity contribution in [2.24, 2.45) is 5.10 Å². The van der Waals surface area contributed by atoms with Gasteiger partial charge in [-0.05, 0) is 34.6 Å². The van der Waals surface area contributed by atoms with Gasteiger partial charge in [0.2, 0.25) is 5.75 Å². The van der Waals surface area contributed by atoms with Gasteiger partial charge in [0.15, 0.2) is 28.1 Å². The zero-order valence-corrected chi connectivity index (χ0v) is 24.2. The van der Waals surface area contributed by atoms with Gasteiger partial charge in [-0.3, -0.25) is 0 Å². The molecule has 0 saturated carbocycles. The molecule has 0 saturated heterocycles. The molecule has 1 aliphatic heterocycles. The Kier molecular flexibility index (Phi) is 8.02. The first-order valence-corrected chi connectivity index (χ1v) is 13.2. The number of phenols is 1. The molecule has 4 aromatic rings. The van der Waals surface area contributed by atoms with Gasteiger partial charge in [-0.1, -0.05) is 42.5 Å². The molecule has 1 unspecified atom stereocenters. The Labute approximate surface area is 243 Å². The van der Waals surface area contributed by atoms with Gasteiger partial charge >= 0.3 is 0 Å². The minimum Gasteiger partial charge on any atom is -0.507 e. The first-order chi connectivity index (χ1) is 19.9. The average molecular weight is 574 g/mol. The third-order valence-electron chi connectivity index (χ3n) is 7.03. The smallest absolute Gasteiger partial charge is 0.203 e. The number of ether oxygens (including phenoxy) is 5. The van der Waals surface area contributed by atoms with Crippen LogP contribution in [-0.2, 0) is 0 Å². The summed E-state index contributed by atoms with van der Waals surface area (Å²) in [5, 5.41) is 23.5. The van der Waals surface area contributed by atoms with E-state index in [2.05, 4.69) is 29.6 Å². The summed E-state index contributed by atoms with van der Waals surface area (Å²) < 4.78 is 27.3. The zero-order chi connectivity index (χ0) is 29.1. The first kappa shape index (κ1) is 27.9. The molecule has 0 spiro atoms. The van der Waals surface area contributed by atoms with Gasteiger partial charge in [0, 0.05) is 35.9 Å². The fourth-order valence-electron chi connectivity index (χ4n) is 5.08. The van der Waals surface area contributed by atoms with Gasteiger partial charge in [-0.15, -0.1) is 0 Å². The van der Waals surface area contributed by atoms with Crippen LogP contribution in [0.2, 0.25) is 0 Å². The van der Waals surface area contributed by atoms with Crippen LogP contribution in [0.3, 0.4) is 0 Å². The number of phenolic OH excluding ortho intramolecular Hbond substituents is 1. The number of aromatic hydroxyl groups is 1. The van der Waals surface area contributed by atoms with E-state index in [9.17, 15) is 5.11 Å². The summed E-state index contributed by atoms with van der Waals surface area (Å²) in [6, 6.07) is 20.9. The number of rotatable bonds is 8. The standard InChI is InChI=1S/C31H31N3O6S/c1-36-26-15-22(25(35)17-27(26)37-2)23-16-24(21-12-8-10-18-9-6-7-11-20(18)21)34(33-23)31(41)32-19-13-28(38-3)30(40-5)29(14-19)39-4/h6-15,17,24,35H,16H2,1-5H3,(H,32,41). The summed E-state index contributed by atoms with van der Waals surface area (Å²) in [4.78, 5) is 0. The van der Waals surface area contributed by atoms with Gasteiger partial charge in [0.05, 0.1) is 47.3 Å². The van der Waals surface area contributed by atoms with Crippen molar-refractivity contribution < 1.29 is 28.8 Å². The molecule has 0 bridgehead atoms. The topological polar surface area (TPSA) is 94.0 Å². The Hall–Kier alpha value is -4.70. The quantitative estimate of drug-likeness (QED) is 0.241. The molecule has 5 rings (SSSR count). The van der Waals surface area contributed by atoms with Crippen LogP contribution in [0.5, 0.6) is 34.5 Å². The third kappa shape index (κ3) is 5.26. The molecule has 1 atom stereocenters. The van der Waals surface area contributed by atoms with Crippen molar-refractivity contribution in [3.63, 3.8) is 0 Å². The van der Waals surface area contributed by atoms with E-state index in [0.29, 0.717) is 57.2 Å². The Morgan fingerprint density at radius 1 is 0.829 bits per heavy atom. The van der Waals surface area contributed by atoms with E-state index in [-0.39, 0.29) is 11.8 Å². The molecule has 4 aromatic carbocycles. The fraction of sp³-hybridized carbons (Fsp3) is 0.226. The molecular formula is C31H31N3O6S. The maximum absolute atomic E-state index is 10.9. The van der Waals surface area contributed by atoms with Gasteiger partial charge in [-0.2, -0.15) is 5.10 Å². The fourth-order valence-corrected chi connectivity index (χ4v) is 5.36. The van der Waals surface area contributed by atoms with E-state index in [1.54, 1.807) is 51.6 Å². The highest BCUT2D eigenvalue weighted by molar-refractivity contribution is 7.80. The molecule has 9 nitrogen and oxygen atoms in total. The largest absolute Gasteiger partial charge is 0.507 e. The zero-order valence-electron chi connectivity index (χ0n) is 23.4. The van der Waals surface area contributed by atoms with Crippen molar-refractivity contribution in [2.45, 2.75) is 12.5 Å². The van der Waals surface area contributed by atoms with Crippen molar-refractivity contribution in [3.8, 4) is 34.5 Å². The van der Waals surface area contributed by atoms with E-state index in [4.69, 9.17) is 41.0 Å². The molecular weight excluding hydrogens is 542 g/mol. The number of hydrogen-bond donors (Lipinski definition) is 2. The minimum atomic E-state index is -0.259. The number of fused-ring (bicyclic) bond motifs is 1. The van der Waals surface area contributed by atoms with E-state index >= 15 is 0 Å². The Morgan fingerprint density at radius 2 is 1.46 bits per heavy atom. The molecule has 10 heteroatoms. The van der Waals surface area contributed by atoms with E-state index in [1.807, 2.05) is 18.2 Å². The maximum atomic E-state index is 10.9. The first-order valence-electron chi connectivity index (χ1n) is 12.8. The van der Waals surface area contributed by atoms with Crippen molar-refractivity contribution in [3.05, 3.63) is 77.9 Å². The lowest BCUT2D eigenvalue weighted by atomic mass is 9.94. The van der Waals surface area contributed by atoms with Crippen LogP contribution in [-0.4, -0.2) is 56.5 Å². The predicted octanol–water partition coefficient (Wildman–Crippen LogP) is 6.14. The SMILES string of the molecule is COc1cc(O)c(C2=NN(C(=S)Nc3cc(OC)c(OC)c(OC)c3)C(c3cccc4ccccc34)C2)cc1OC. The number of anilines is 1. The number of nitrogens with zero attached hydrogens (tertiary/aromatic N) is 2. The van der Waals surface area contributed by atoms with E-state index < -0.39 is 0 Å². The lowest BCUT2D eigenvalue weighted by Gasteiger charge is -2.26. The monoisotopic (exact) mass is 573 g/mol. The number of benzene rings is 4. The summed E-state index contributed by atoms with van der Waals surface area (Å²) in [6.07, 6.45) is 0.480. The maximum Gasteiger partial charge on any atom is 0.203 e. The summed E-state index contributed by atoms with van der Waals surface area (Å²) >= 11 is 5.93. The lowest BCUT2D eigenvalue weighted by molar-refractivity contribution is 0.324. The molecule has 1 heterocycles. The highest BCUT2D eigenvalue weighted by atomic mass is 32.1. The predicted molar refractivity (Wildman–Crippen MR) is 163 cm³/mol. The molecule has 212 valence electrons. The van der Waals surface area contributed by atoms with Gasteiger partial charge in [0.25, 0.3) is 0 Å². The van der Waals surface area contributed by atoms with Crippen LogP contribution < -0.4 is 29.0 Å². The number of nitrogens with one attached hydrogen (secondary N) is 1. The highest BCUT2D eigenvalue weighted by Crippen LogP contribution is 2.43. The minimum absolute atomic E-state index is 0.0309. The molecule has 0 radical (unpaired) electrons. The van der Waals surface area contributed by atoms with Crippen molar-refractivity contribution >= 4 is 39.5 Å². The van der Waals surface area contributed by atoms with Crippen LogP contribution in [0.25, 0.3) is 10.8 Å². The summed E-state index contributed by atoms with van der Waals surface area (Å²) in [5.41, 5.74) is 2.87. The van der Waals surface area contributed by atoms with Crippen LogP contribution >= 0.6 is 12.2 Å². The Balaban J connectivity index is 1.58. The van der Waals surface area contributed by atoms with Gasteiger partial charge in [0.1, 0.15) is 5.75 Å². The second-order valence-corrected chi connectivity index (χ2v) is 9.63. The summed E-state index contributed by atoms with van der Waals surface area (Å²) in [5.74, 6) is 2.40. The van der Waals surface area contributed by atoms with Crippen LogP contribution in [0.1, 0.15) is 23.6 Å². The number of hydrazone groups is 1. The molecule has 2 N–H and O–H groups in total. The Bertz CT molecular complexity index is 1610. The van der Waals surface area contributed by atoms with Gasteiger partial charge in [-0.25, -0.2) is 5.01 Å². The second-order valence-electron chi connectivity index (χ2n) is 9.25. The van der Waals surface area contributed by atoms with Crippen LogP contribution in [0.15, 0.2) is 71.8 Å². The molecule has 1 aliphatic rings. The normalized spacial score (nSPS) is 14.4.